The van der Waals surface area contributed by atoms with Crippen LogP contribution in [0.4, 0.5) is 5.69 Å². The smallest absolute Gasteiger partial charge is 0.408 e. The maximum Gasteiger partial charge on any atom is 0.420 e. The van der Waals surface area contributed by atoms with Crippen LogP contribution in [0.1, 0.15) is 36.0 Å². The Morgan fingerprint density at radius 2 is 1.93 bits per heavy atom. The van der Waals surface area contributed by atoms with Crippen molar-refractivity contribution in [3.8, 4) is 0 Å². The van der Waals surface area contributed by atoms with Gasteiger partial charge in [0.1, 0.15) is 0 Å². The summed E-state index contributed by atoms with van der Waals surface area (Å²) in [6.45, 7) is 2.00. The molecule has 1 fully saturated rings. The molecule has 0 radical (unpaired) electrons. The van der Waals surface area contributed by atoms with E-state index in [-0.39, 0.29) is 17.0 Å². The molecule has 0 saturated heterocycles. The van der Waals surface area contributed by atoms with Gasteiger partial charge in [0.25, 0.3) is 10.0 Å². The first-order chi connectivity index (χ1) is 14.4. The number of aryl methyl sites for hydroxylation is 1. The van der Waals surface area contributed by atoms with Crippen molar-refractivity contribution >= 4 is 26.8 Å². The Morgan fingerprint density at radius 1 is 1.17 bits per heavy atom. The average Bonchev–Trinajstić information content (AvgIpc) is 3.38. The van der Waals surface area contributed by atoms with E-state index in [1.807, 2.05) is 19.1 Å². The van der Waals surface area contributed by atoms with Gasteiger partial charge in [0.15, 0.2) is 11.4 Å². The largest absolute Gasteiger partial charge is 0.420 e. The summed E-state index contributed by atoms with van der Waals surface area (Å²) in [5, 5.41) is 3.92. The predicted molar refractivity (Wildman–Crippen MR) is 108 cm³/mol. The fourth-order valence-electron chi connectivity index (χ4n) is 3.17. The van der Waals surface area contributed by atoms with Crippen molar-refractivity contribution in [1.29, 1.82) is 0 Å². The summed E-state index contributed by atoms with van der Waals surface area (Å²) in [4.78, 5) is 16.6. The lowest BCUT2D eigenvalue weighted by Crippen LogP contribution is -2.15. The van der Waals surface area contributed by atoms with Crippen molar-refractivity contribution in [2.75, 3.05) is 4.72 Å². The molecule has 0 bridgehead atoms. The number of hydrogen-bond donors (Lipinski definition) is 1. The van der Waals surface area contributed by atoms with Crippen LogP contribution in [0.25, 0.3) is 11.1 Å². The van der Waals surface area contributed by atoms with E-state index in [4.69, 9.17) is 8.94 Å². The van der Waals surface area contributed by atoms with Gasteiger partial charge in [-0.25, -0.2) is 13.2 Å². The minimum atomic E-state index is -3.84. The third-order valence-electron chi connectivity index (χ3n) is 4.96. The number of sulfonamides is 1. The molecule has 1 aliphatic rings. The fourth-order valence-corrected chi connectivity index (χ4v) is 4.24. The summed E-state index contributed by atoms with van der Waals surface area (Å²) < 4.78 is 39.8. The third-order valence-corrected chi connectivity index (χ3v) is 6.34. The zero-order valence-corrected chi connectivity index (χ0v) is 16.8. The molecule has 1 N–H and O–H groups in total. The summed E-state index contributed by atoms with van der Waals surface area (Å²) in [5.41, 5.74) is 2.08. The monoisotopic (exact) mass is 426 g/mol. The number of nitrogens with zero attached hydrogens (tertiary/aromatic N) is 3. The number of fused-ring (bicyclic) bond motifs is 1. The number of anilines is 1. The molecule has 5 rings (SSSR count). The first kappa shape index (κ1) is 18.6. The van der Waals surface area contributed by atoms with Crippen molar-refractivity contribution in [2.24, 2.45) is 0 Å². The molecule has 1 saturated carbocycles. The highest BCUT2D eigenvalue weighted by atomic mass is 32.2. The Bertz CT molecular complexity index is 1400. The first-order valence-corrected chi connectivity index (χ1v) is 10.9. The molecule has 9 nitrogen and oxygen atoms in total. The van der Waals surface area contributed by atoms with Crippen LogP contribution in [0.2, 0.25) is 0 Å². The molecule has 2 heterocycles. The number of nitrogens with one attached hydrogen (secondary N) is 1. The molecule has 0 amide bonds. The second-order valence-corrected chi connectivity index (χ2v) is 9.06. The molecular formula is C20H18N4O5S. The highest BCUT2D eigenvalue weighted by Crippen LogP contribution is 2.38. The van der Waals surface area contributed by atoms with Crippen LogP contribution in [-0.2, 0) is 16.6 Å². The Balaban J connectivity index is 1.44. The molecule has 0 atom stereocenters. The number of benzene rings is 2. The Labute approximate surface area is 171 Å². The van der Waals surface area contributed by atoms with Crippen LogP contribution in [0, 0.1) is 6.92 Å². The molecule has 30 heavy (non-hydrogen) atoms. The molecule has 0 unspecified atom stereocenters. The van der Waals surface area contributed by atoms with Gasteiger partial charge in [-0.3, -0.25) is 9.29 Å². The van der Waals surface area contributed by atoms with Gasteiger partial charge in [0.2, 0.25) is 5.89 Å². The summed E-state index contributed by atoms with van der Waals surface area (Å²) >= 11 is 0. The van der Waals surface area contributed by atoms with E-state index in [1.54, 1.807) is 12.1 Å². The summed E-state index contributed by atoms with van der Waals surface area (Å²) in [5.74, 6) is 0.655. The summed E-state index contributed by atoms with van der Waals surface area (Å²) in [6, 6.07) is 11.3. The highest BCUT2D eigenvalue weighted by molar-refractivity contribution is 7.92. The van der Waals surface area contributed by atoms with E-state index < -0.39 is 15.8 Å². The van der Waals surface area contributed by atoms with E-state index in [9.17, 15) is 13.2 Å². The van der Waals surface area contributed by atoms with Crippen molar-refractivity contribution in [3.63, 3.8) is 0 Å². The lowest BCUT2D eigenvalue weighted by atomic mass is 10.2. The van der Waals surface area contributed by atoms with Gasteiger partial charge >= 0.3 is 5.76 Å². The minimum absolute atomic E-state index is 0.00736. The van der Waals surface area contributed by atoms with Crippen LogP contribution >= 0.6 is 0 Å². The quantitative estimate of drug-likeness (QED) is 0.503. The van der Waals surface area contributed by atoms with Crippen LogP contribution in [0.3, 0.4) is 0 Å². The van der Waals surface area contributed by atoms with Crippen molar-refractivity contribution in [3.05, 3.63) is 70.3 Å². The molecule has 0 spiro atoms. The Kier molecular flexibility index (Phi) is 4.24. The molecule has 0 aliphatic heterocycles. The Hall–Kier alpha value is -3.40. The topological polar surface area (TPSA) is 120 Å². The number of hydrogen-bond acceptors (Lipinski definition) is 7. The predicted octanol–water partition coefficient (Wildman–Crippen LogP) is 3.01. The summed E-state index contributed by atoms with van der Waals surface area (Å²) in [7, 11) is -3.84. The normalized spacial score (nSPS) is 14.3. The SMILES string of the molecule is Cc1ccc(NS(=O)(=O)c2ccc3c(c2)oc(=O)n3Cc2noc(C3CC3)n2)cc1. The molecule has 2 aromatic heterocycles. The maximum atomic E-state index is 12.7. The number of aromatic nitrogens is 3. The van der Waals surface area contributed by atoms with Gasteiger partial charge in [-0.1, -0.05) is 22.9 Å². The molecule has 4 aromatic rings. The van der Waals surface area contributed by atoms with Gasteiger partial charge in [-0.15, -0.1) is 0 Å². The van der Waals surface area contributed by atoms with Crippen LogP contribution in [-0.4, -0.2) is 23.1 Å². The number of oxazole rings is 1. The Morgan fingerprint density at radius 3 is 2.67 bits per heavy atom. The van der Waals surface area contributed by atoms with Crippen LogP contribution < -0.4 is 10.5 Å². The maximum absolute atomic E-state index is 12.7. The average molecular weight is 426 g/mol. The zero-order valence-electron chi connectivity index (χ0n) is 16.0. The molecule has 1 aliphatic carbocycles. The molecule has 10 heteroatoms. The van der Waals surface area contributed by atoms with Gasteiger partial charge < -0.3 is 8.94 Å². The van der Waals surface area contributed by atoms with Crippen LogP contribution in [0.5, 0.6) is 0 Å². The number of rotatable bonds is 6. The van der Waals surface area contributed by atoms with E-state index in [1.165, 1.54) is 22.8 Å². The lowest BCUT2D eigenvalue weighted by molar-refractivity contribution is 0.372. The third kappa shape index (κ3) is 3.50. The first-order valence-electron chi connectivity index (χ1n) is 9.44. The van der Waals surface area contributed by atoms with E-state index in [2.05, 4.69) is 14.9 Å². The molecule has 154 valence electrons. The minimum Gasteiger partial charge on any atom is -0.408 e. The lowest BCUT2D eigenvalue weighted by Gasteiger charge is -2.08. The van der Waals surface area contributed by atoms with Gasteiger partial charge in [-0.05, 0) is 44.0 Å². The van der Waals surface area contributed by atoms with Gasteiger partial charge in [0.05, 0.1) is 17.0 Å². The van der Waals surface area contributed by atoms with E-state index in [0.29, 0.717) is 28.8 Å². The van der Waals surface area contributed by atoms with Crippen LogP contribution in [0.15, 0.2) is 61.1 Å². The summed E-state index contributed by atoms with van der Waals surface area (Å²) in [6.07, 6.45) is 2.06. The molecular weight excluding hydrogens is 408 g/mol. The second-order valence-electron chi connectivity index (χ2n) is 7.38. The van der Waals surface area contributed by atoms with E-state index >= 15 is 0 Å². The standard InChI is InChI=1S/C20H18N4O5S/c1-12-2-6-14(7-3-12)23-30(26,27)15-8-9-16-17(10-15)28-20(25)24(16)11-18-21-19(29-22-18)13-4-5-13/h2-3,6-10,13,23H,4-5,11H2,1H3. The second kappa shape index (κ2) is 6.84. The highest BCUT2D eigenvalue weighted by Gasteiger charge is 2.29. The van der Waals surface area contributed by atoms with Gasteiger partial charge in [0, 0.05) is 17.7 Å². The van der Waals surface area contributed by atoms with Crippen molar-refractivity contribution < 1.29 is 17.4 Å². The van der Waals surface area contributed by atoms with E-state index in [0.717, 1.165) is 18.4 Å². The van der Waals surface area contributed by atoms with Crippen molar-refractivity contribution in [2.45, 2.75) is 37.1 Å². The van der Waals surface area contributed by atoms with Gasteiger partial charge in [-0.2, -0.15) is 4.98 Å². The fraction of sp³-hybridized carbons (Fsp3) is 0.250. The molecule has 2 aromatic carbocycles. The van der Waals surface area contributed by atoms with Crippen molar-refractivity contribution in [1.82, 2.24) is 14.7 Å². The zero-order chi connectivity index (χ0) is 20.9.